The van der Waals surface area contributed by atoms with E-state index in [0.717, 1.165) is 31.4 Å². The van der Waals surface area contributed by atoms with Gasteiger partial charge in [0.25, 0.3) is 0 Å². The van der Waals surface area contributed by atoms with Crippen molar-refractivity contribution in [1.82, 2.24) is 14.2 Å². The van der Waals surface area contributed by atoms with Gasteiger partial charge < -0.3 is 10.3 Å². The summed E-state index contributed by atoms with van der Waals surface area (Å²) in [6.07, 6.45) is 1.99. The van der Waals surface area contributed by atoms with Crippen molar-refractivity contribution in [3.8, 4) is 0 Å². The predicted octanol–water partition coefficient (Wildman–Crippen LogP) is 3.54. The number of para-hydroxylation sites is 1. The third-order valence-corrected chi connectivity index (χ3v) is 8.13. The number of carbonyl (C=O) groups is 1. The number of rotatable bonds is 6. The molecule has 0 unspecified atom stereocenters. The Morgan fingerprint density at radius 1 is 1.12 bits per heavy atom. The zero-order valence-electron chi connectivity index (χ0n) is 18.8. The molecule has 1 aliphatic rings. The molecule has 2 N–H and O–H groups in total. The third-order valence-electron chi connectivity index (χ3n) is 6.18. The molecule has 1 saturated heterocycles. The first-order valence-corrected chi connectivity index (χ1v) is 12.3. The molecule has 0 bridgehead atoms. The van der Waals surface area contributed by atoms with E-state index in [4.69, 9.17) is 0 Å². The Hall–Kier alpha value is -2.68. The summed E-state index contributed by atoms with van der Waals surface area (Å²) in [6.45, 7) is 3.74. The number of nitrogens with zero attached hydrogens (tertiary/aromatic N) is 2. The van der Waals surface area contributed by atoms with Gasteiger partial charge in [-0.2, -0.15) is 0 Å². The van der Waals surface area contributed by atoms with Gasteiger partial charge in [-0.3, -0.25) is 9.69 Å². The van der Waals surface area contributed by atoms with E-state index in [1.807, 2.05) is 12.1 Å². The van der Waals surface area contributed by atoms with Crippen LogP contribution in [0.2, 0.25) is 0 Å². The number of H-pyrrole nitrogens is 1. The number of aromatic nitrogens is 1. The van der Waals surface area contributed by atoms with Crippen LogP contribution in [0.5, 0.6) is 0 Å². The van der Waals surface area contributed by atoms with E-state index in [1.165, 1.54) is 35.5 Å². The summed E-state index contributed by atoms with van der Waals surface area (Å²) in [5.74, 6) is 0.337. The van der Waals surface area contributed by atoms with Crippen LogP contribution < -0.4 is 5.32 Å². The summed E-state index contributed by atoms with van der Waals surface area (Å²) >= 11 is 0. The molecule has 0 aliphatic carbocycles. The molecule has 0 spiro atoms. The fraction of sp³-hybridized carbons (Fsp3) is 0.375. The number of hydrogen-bond acceptors (Lipinski definition) is 4. The molecule has 4 rings (SSSR count). The van der Waals surface area contributed by atoms with Crippen LogP contribution in [0.25, 0.3) is 10.9 Å². The Morgan fingerprint density at radius 3 is 2.53 bits per heavy atom. The number of anilines is 1. The van der Waals surface area contributed by atoms with E-state index in [0.29, 0.717) is 23.7 Å². The van der Waals surface area contributed by atoms with Gasteiger partial charge in [0.2, 0.25) is 15.9 Å². The molecular weight excluding hydrogens is 424 g/mol. The molecule has 3 aromatic rings. The Labute approximate surface area is 189 Å². The second kappa shape index (κ2) is 9.05. The number of benzene rings is 2. The Balaban J connectivity index is 1.34. The highest BCUT2D eigenvalue weighted by atomic mass is 32.2. The summed E-state index contributed by atoms with van der Waals surface area (Å²) in [5, 5.41) is 4.09. The maximum atomic E-state index is 12.6. The molecular formula is C24H30N4O3S. The molecule has 32 heavy (non-hydrogen) atoms. The summed E-state index contributed by atoms with van der Waals surface area (Å²) in [5.41, 5.74) is 3.58. The highest BCUT2D eigenvalue weighted by molar-refractivity contribution is 7.89. The number of carbonyl (C=O) groups excluding carboxylic acids is 1. The van der Waals surface area contributed by atoms with E-state index in [9.17, 15) is 13.2 Å². The van der Waals surface area contributed by atoms with Gasteiger partial charge in [0, 0.05) is 36.9 Å². The molecule has 0 atom stereocenters. The van der Waals surface area contributed by atoms with Crippen LogP contribution in [-0.2, 0) is 14.8 Å². The molecule has 1 aromatic heterocycles. The van der Waals surface area contributed by atoms with E-state index in [1.54, 1.807) is 19.1 Å². The number of hydrogen-bond donors (Lipinski definition) is 2. The molecule has 8 heteroatoms. The molecule has 0 radical (unpaired) electrons. The second-order valence-corrected chi connectivity index (χ2v) is 10.8. The topological polar surface area (TPSA) is 85.5 Å². The minimum Gasteiger partial charge on any atom is -0.358 e. The summed E-state index contributed by atoms with van der Waals surface area (Å²) in [4.78, 5) is 18.5. The summed E-state index contributed by atoms with van der Waals surface area (Å²) in [6, 6.07) is 15.5. The lowest BCUT2D eigenvalue weighted by molar-refractivity contribution is -0.117. The van der Waals surface area contributed by atoms with Crippen LogP contribution in [0.1, 0.15) is 30.0 Å². The first kappa shape index (κ1) is 22.5. The Bertz CT molecular complexity index is 1190. The van der Waals surface area contributed by atoms with E-state index >= 15 is 0 Å². The minimum absolute atomic E-state index is 0.133. The molecule has 7 nitrogen and oxygen atoms in total. The fourth-order valence-corrected chi connectivity index (χ4v) is 5.42. The van der Waals surface area contributed by atoms with Crippen LogP contribution in [0.15, 0.2) is 53.4 Å². The van der Waals surface area contributed by atoms with Crippen LogP contribution in [0.4, 0.5) is 5.69 Å². The minimum atomic E-state index is -3.57. The van der Waals surface area contributed by atoms with Crippen LogP contribution in [-0.4, -0.2) is 62.2 Å². The number of aromatic amines is 1. The molecule has 2 aromatic carbocycles. The highest BCUT2D eigenvalue weighted by Crippen LogP contribution is 2.30. The smallest absolute Gasteiger partial charge is 0.242 e. The number of sulfonamides is 1. The maximum Gasteiger partial charge on any atom is 0.242 e. The van der Waals surface area contributed by atoms with E-state index in [2.05, 4.69) is 33.4 Å². The largest absolute Gasteiger partial charge is 0.358 e. The molecule has 0 saturated carbocycles. The van der Waals surface area contributed by atoms with Crippen LogP contribution in [0.3, 0.4) is 0 Å². The molecule has 170 valence electrons. The lowest BCUT2D eigenvalue weighted by Crippen LogP contribution is -2.38. The quantitative estimate of drug-likeness (QED) is 0.597. The molecule has 2 heterocycles. The van der Waals surface area contributed by atoms with E-state index < -0.39 is 10.0 Å². The predicted molar refractivity (Wildman–Crippen MR) is 127 cm³/mol. The van der Waals surface area contributed by atoms with Gasteiger partial charge in [-0.25, -0.2) is 12.7 Å². The highest BCUT2D eigenvalue weighted by Gasteiger charge is 2.24. The number of piperidine rings is 1. The summed E-state index contributed by atoms with van der Waals surface area (Å²) < 4.78 is 26.2. The van der Waals surface area contributed by atoms with Crippen molar-refractivity contribution in [2.45, 2.75) is 30.6 Å². The second-order valence-electron chi connectivity index (χ2n) is 8.68. The van der Waals surface area contributed by atoms with Crippen molar-refractivity contribution in [1.29, 1.82) is 0 Å². The normalized spacial score (nSPS) is 16.0. The van der Waals surface area contributed by atoms with Crippen molar-refractivity contribution in [3.05, 3.63) is 59.8 Å². The van der Waals surface area contributed by atoms with Crippen LogP contribution in [0, 0.1) is 6.92 Å². The Morgan fingerprint density at radius 2 is 1.84 bits per heavy atom. The monoisotopic (exact) mass is 454 g/mol. The fourth-order valence-electron chi connectivity index (χ4n) is 4.27. The number of amides is 1. The van der Waals surface area contributed by atoms with Gasteiger partial charge >= 0.3 is 0 Å². The summed E-state index contributed by atoms with van der Waals surface area (Å²) in [7, 11) is -0.568. The third kappa shape index (κ3) is 4.72. The van der Waals surface area contributed by atoms with Crippen molar-refractivity contribution >= 4 is 32.5 Å². The molecule has 1 fully saturated rings. The SMILES string of the molecule is Cc1ccc(NC(=O)CN2CCC(c3cc4ccccc4[nH]3)CC2)cc1S(=O)(=O)N(C)C. The molecule has 1 aliphatic heterocycles. The van der Waals surface area contributed by atoms with Crippen molar-refractivity contribution in [2.24, 2.45) is 0 Å². The van der Waals surface area contributed by atoms with Crippen molar-refractivity contribution < 1.29 is 13.2 Å². The number of aryl methyl sites for hydroxylation is 1. The zero-order valence-corrected chi connectivity index (χ0v) is 19.6. The van der Waals surface area contributed by atoms with Gasteiger partial charge in [0.15, 0.2) is 0 Å². The van der Waals surface area contributed by atoms with Gasteiger partial charge in [-0.1, -0.05) is 24.3 Å². The zero-order chi connectivity index (χ0) is 22.9. The van der Waals surface area contributed by atoms with E-state index in [-0.39, 0.29) is 10.8 Å². The first-order valence-electron chi connectivity index (χ1n) is 10.9. The number of nitrogens with one attached hydrogen (secondary N) is 2. The standard InChI is InChI=1S/C24H30N4O3S/c1-17-8-9-20(15-23(17)32(30,31)27(2)3)25-24(29)16-28-12-10-18(11-13-28)22-14-19-6-4-5-7-21(19)26-22/h4-9,14-15,18,26H,10-13,16H2,1-3H3,(H,25,29). The lowest BCUT2D eigenvalue weighted by Gasteiger charge is -2.31. The average Bonchev–Trinajstić information content (AvgIpc) is 3.19. The number of likely N-dealkylation sites (tertiary alicyclic amines) is 1. The first-order chi connectivity index (χ1) is 15.2. The molecule has 1 amide bonds. The number of fused-ring (bicyclic) bond motifs is 1. The maximum absolute atomic E-state index is 12.6. The van der Waals surface area contributed by atoms with Crippen LogP contribution >= 0.6 is 0 Å². The Kier molecular flexibility index (Phi) is 6.37. The van der Waals surface area contributed by atoms with Crippen molar-refractivity contribution in [2.75, 3.05) is 39.0 Å². The van der Waals surface area contributed by atoms with Gasteiger partial charge in [-0.15, -0.1) is 0 Å². The average molecular weight is 455 g/mol. The van der Waals surface area contributed by atoms with Gasteiger partial charge in [-0.05, 0) is 68.1 Å². The van der Waals surface area contributed by atoms with Crippen molar-refractivity contribution in [3.63, 3.8) is 0 Å². The van der Waals surface area contributed by atoms with Gasteiger partial charge in [0.05, 0.1) is 11.4 Å². The van der Waals surface area contributed by atoms with Gasteiger partial charge in [0.1, 0.15) is 0 Å². The lowest BCUT2D eigenvalue weighted by atomic mass is 9.93.